The van der Waals surface area contributed by atoms with Gasteiger partial charge in [0.1, 0.15) is 17.4 Å². The van der Waals surface area contributed by atoms with Gasteiger partial charge in [-0.25, -0.2) is 4.79 Å². The van der Waals surface area contributed by atoms with Crippen molar-refractivity contribution in [3.8, 4) is 0 Å². The molecule has 2 aromatic rings. The Morgan fingerprint density at radius 2 is 1.79 bits per heavy atom. The second-order valence-corrected chi connectivity index (χ2v) is 5.90. The van der Waals surface area contributed by atoms with Crippen LogP contribution in [0.1, 0.15) is 49.0 Å². The SMILES string of the molecule is CCCCC1O/C(=C(\C(=O)OC)c2ccccc2)c2ccccc21. The molecule has 0 bridgehead atoms. The number of benzene rings is 2. The van der Waals surface area contributed by atoms with Gasteiger partial charge in [-0.3, -0.25) is 0 Å². The van der Waals surface area contributed by atoms with Crippen LogP contribution >= 0.6 is 0 Å². The van der Waals surface area contributed by atoms with Gasteiger partial charge >= 0.3 is 5.97 Å². The van der Waals surface area contributed by atoms with Crippen molar-refractivity contribution in [1.29, 1.82) is 0 Å². The van der Waals surface area contributed by atoms with Gasteiger partial charge in [0.05, 0.1) is 7.11 Å². The first-order valence-corrected chi connectivity index (χ1v) is 8.40. The van der Waals surface area contributed by atoms with Gasteiger partial charge < -0.3 is 9.47 Å². The lowest BCUT2D eigenvalue weighted by atomic mass is 9.97. The Balaban J connectivity index is 2.13. The zero-order valence-electron chi connectivity index (χ0n) is 14.1. The fraction of sp³-hybridized carbons (Fsp3) is 0.286. The lowest BCUT2D eigenvalue weighted by molar-refractivity contribution is -0.133. The highest BCUT2D eigenvalue weighted by molar-refractivity contribution is 6.24. The molecule has 124 valence electrons. The average Bonchev–Trinajstić information content (AvgIpc) is 2.99. The monoisotopic (exact) mass is 322 g/mol. The van der Waals surface area contributed by atoms with Gasteiger partial charge in [-0.05, 0) is 18.4 Å². The number of hydrogen-bond acceptors (Lipinski definition) is 3. The molecule has 0 aromatic heterocycles. The molecule has 0 radical (unpaired) electrons. The highest BCUT2D eigenvalue weighted by Gasteiger charge is 2.32. The van der Waals surface area contributed by atoms with Gasteiger partial charge in [-0.1, -0.05) is 67.9 Å². The van der Waals surface area contributed by atoms with Gasteiger partial charge in [0, 0.05) is 11.1 Å². The van der Waals surface area contributed by atoms with Crippen molar-refractivity contribution in [3.63, 3.8) is 0 Å². The molecular formula is C21H22O3. The summed E-state index contributed by atoms with van der Waals surface area (Å²) < 4.78 is 11.3. The van der Waals surface area contributed by atoms with Crippen molar-refractivity contribution in [2.75, 3.05) is 7.11 Å². The molecule has 1 aliphatic rings. The van der Waals surface area contributed by atoms with E-state index in [0.717, 1.165) is 36.0 Å². The maximum absolute atomic E-state index is 12.5. The number of hydrogen-bond donors (Lipinski definition) is 0. The third-order valence-electron chi connectivity index (χ3n) is 4.31. The van der Waals surface area contributed by atoms with E-state index in [-0.39, 0.29) is 12.1 Å². The summed E-state index contributed by atoms with van der Waals surface area (Å²) in [7, 11) is 1.40. The molecule has 3 nitrogen and oxygen atoms in total. The first-order valence-electron chi connectivity index (χ1n) is 8.40. The summed E-state index contributed by atoms with van der Waals surface area (Å²) in [6, 6.07) is 17.7. The zero-order chi connectivity index (χ0) is 16.9. The fourth-order valence-electron chi connectivity index (χ4n) is 3.10. The van der Waals surface area contributed by atoms with Crippen LogP contribution in [0.25, 0.3) is 11.3 Å². The summed E-state index contributed by atoms with van der Waals surface area (Å²) in [5, 5.41) is 0. The molecule has 1 atom stereocenters. The van der Waals surface area contributed by atoms with Crippen LogP contribution in [0, 0.1) is 0 Å². The van der Waals surface area contributed by atoms with Crippen molar-refractivity contribution in [2.24, 2.45) is 0 Å². The van der Waals surface area contributed by atoms with Gasteiger partial charge in [-0.15, -0.1) is 0 Å². The number of rotatable bonds is 5. The molecule has 1 unspecified atom stereocenters. The molecule has 1 aliphatic heterocycles. The van der Waals surface area contributed by atoms with Crippen LogP contribution in [0.15, 0.2) is 54.6 Å². The molecular weight excluding hydrogens is 300 g/mol. The standard InChI is InChI=1S/C21H22O3/c1-3-4-14-18-16-12-8-9-13-17(16)20(24-18)19(21(22)23-2)15-10-6-5-7-11-15/h5-13,18H,3-4,14H2,1-2H3/b20-19-. The van der Waals surface area contributed by atoms with Crippen LogP contribution in [0.5, 0.6) is 0 Å². The zero-order valence-corrected chi connectivity index (χ0v) is 14.1. The molecule has 0 saturated carbocycles. The number of methoxy groups -OCH3 is 1. The number of fused-ring (bicyclic) bond motifs is 1. The normalized spacial score (nSPS) is 17.8. The van der Waals surface area contributed by atoms with Gasteiger partial charge in [0.25, 0.3) is 0 Å². The quantitative estimate of drug-likeness (QED) is 0.574. The van der Waals surface area contributed by atoms with Crippen molar-refractivity contribution in [3.05, 3.63) is 71.3 Å². The average molecular weight is 322 g/mol. The topological polar surface area (TPSA) is 35.5 Å². The van der Waals surface area contributed by atoms with Crippen molar-refractivity contribution in [2.45, 2.75) is 32.3 Å². The van der Waals surface area contributed by atoms with E-state index in [0.29, 0.717) is 11.3 Å². The highest BCUT2D eigenvalue weighted by Crippen LogP contribution is 2.44. The van der Waals surface area contributed by atoms with E-state index < -0.39 is 0 Å². The first kappa shape index (κ1) is 16.3. The largest absolute Gasteiger partial charge is 0.484 e. The highest BCUT2D eigenvalue weighted by atomic mass is 16.5. The number of ether oxygens (including phenoxy) is 2. The van der Waals surface area contributed by atoms with Gasteiger partial charge in [-0.2, -0.15) is 0 Å². The van der Waals surface area contributed by atoms with E-state index in [1.165, 1.54) is 7.11 Å². The lowest BCUT2D eigenvalue weighted by Crippen LogP contribution is -2.07. The Kier molecular flexibility index (Phi) is 4.99. The smallest absolute Gasteiger partial charge is 0.342 e. The summed E-state index contributed by atoms with van der Waals surface area (Å²) in [4.78, 5) is 12.5. The Bertz CT molecular complexity index is 747. The van der Waals surface area contributed by atoms with E-state index >= 15 is 0 Å². The third kappa shape index (κ3) is 3.07. The maximum Gasteiger partial charge on any atom is 0.342 e. The third-order valence-corrected chi connectivity index (χ3v) is 4.31. The molecule has 0 N–H and O–H groups in total. The minimum Gasteiger partial charge on any atom is -0.484 e. The fourth-order valence-corrected chi connectivity index (χ4v) is 3.10. The maximum atomic E-state index is 12.5. The molecule has 3 rings (SSSR count). The number of esters is 1. The summed E-state index contributed by atoms with van der Waals surface area (Å²) in [5.41, 5.74) is 3.44. The van der Waals surface area contributed by atoms with E-state index in [1.807, 2.05) is 48.5 Å². The molecule has 24 heavy (non-hydrogen) atoms. The molecule has 0 amide bonds. The van der Waals surface area contributed by atoms with E-state index in [4.69, 9.17) is 9.47 Å². The first-order chi connectivity index (χ1) is 11.8. The molecule has 2 aromatic carbocycles. The Morgan fingerprint density at radius 1 is 1.08 bits per heavy atom. The molecule has 0 aliphatic carbocycles. The van der Waals surface area contributed by atoms with Crippen LogP contribution in [-0.4, -0.2) is 13.1 Å². The van der Waals surface area contributed by atoms with E-state index in [9.17, 15) is 4.79 Å². The number of carbonyl (C=O) groups is 1. The molecule has 3 heteroatoms. The Hall–Kier alpha value is -2.55. The summed E-state index contributed by atoms with van der Waals surface area (Å²) in [6.45, 7) is 2.17. The number of unbranched alkanes of at least 4 members (excludes halogenated alkanes) is 1. The Morgan fingerprint density at radius 3 is 2.50 bits per heavy atom. The molecule has 1 heterocycles. The lowest BCUT2D eigenvalue weighted by Gasteiger charge is -2.14. The van der Waals surface area contributed by atoms with Crippen molar-refractivity contribution in [1.82, 2.24) is 0 Å². The predicted molar refractivity (Wildman–Crippen MR) is 95.1 cm³/mol. The van der Waals surface area contributed by atoms with Crippen LogP contribution in [0.2, 0.25) is 0 Å². The summed E-state index contributed by atoms with van der Waals surface area (Å²) >= 11 is 0. The second kappa shape index (κ2) is 7.35. The summed E-state index contributed by atoms with van der Waals surface area (Å²) in [5.74, 6) is 0.256. The molecule has 0 saturated heterocycles. The van der Waals surface area contributed by atoms with E-state index in [1.54, 1.807) is 0 Å². The van der Waals surface area contributed by atoms with Crippen molar-refractivity contribution >= 4 is 17.3 Å². The van der Waals surface area contributed by atoms with Crippen LogP contribution in [0.4, 0.5) is 0 Å². The Labute approximate surface area is 142 Å². The van der Waals surface area contributed by atoms with Gasteiger partial charge in [0.15, 0.2) is 0 Å². The second-order valence-electron chi connectivity index (χ2n) is 5.90. The minimum atomic E-state index is -0.373. The van der Waals surface area contributed by atoms with Crippen LogP contribution in [-0.2, 0) is 14.3 Å². The van der Waals surface area contributed by atoms with Gasteiger partial charge in [0.2, 0.25) is 0 Å². The predicted octanol–water partition coefficient (Wildman–Crippen LogP) is 4.99. The minimum absolute atomic E-state index is 0.000446. The van der Waals surface area contributed by atoms with Crippen LogP contribution < -0.4 is 0 Å². The summed E-state index contributed by atoms with van der Waals surface area (Å²) in [6.07, 6.45) is 3.15. The molecule has 0 spiro atoms. The molecule has 0 fully saturated rings. The van der Waals surface area contributed by atoms with Crippen molar-refractivity contribution < 1.29 is 14.3 Å². The number of carbonyl (C=O) groups excluding carboxylic acids is 1. The van der Waals surface area contributed by atoms with Crippen LogP contribution in [0.3, 0.4) is 0 Å². The van der Waals surface area contributed by atoms with E-state index in [2.05, 4.69) is 13.0 Å².